The van der Waals surface area contributed by atoms with Gasteiger partial charge in [0.15, 0.2) is 0 Å². The van der Waals surface area contributed by atoms with Crippen LogP contribution in [0.15, 0.2) is 12.2 Å². The summed E-state index contributed by atoms with van der Waals surface area (Å²) in [6, 6.07) is 0. The smallest absolute Gasteiger partial charge is 0.333 e. The second-order valence-corrected chi connectivity index (χ2v) is 12.9. The van der Waals surface area contributed by atoms with Crippen LogP contribution in [0.3, 0.4) is 0 Å². The van der Waals surface area contributed by atoms with E-state index in [1.807, 2.05) is 13.8 Å². The second kappa shape index (κ2) is 8.70. The molecule has 4 saturated carbocycles. The summed E-state index contributed by atoms with van der Waals surface area (Å²) in [5, 5.41) is 0. The van der Waals surface area contributed by atoms with E-state index in [1.165, 1.54) is 12.8 Å². The van der Waals surface area contributed by atoms with Gasteiger partial charge in [0, 0.05) is 36.0 Å². The van der Waals surface area contributed by atoms with E-state index in [0.29, 0.717) is 29.2 Å². The number of rotatable bonds is 9. The lowest BCUT2D eigenvalue weighted by Gasteiger charge is -2.44. The van der Waals surface area contributed by atoms with Gasteiger partial charge in [-0.3, -0.25) is 4.79 Å². The molecule has 0 spiro atoms. The number of carbonyl (C=O) groups excluding carboxylic acids is 2. The van der Waals surface area contributed by atoms with E-state index in [0.717, 1.165) is 45.1 Å². The van der Waals surface area contributed by atoms with Crippen molar-refractivity contribution in [1.29, 1.82) is 0 Å². The van der Waals surface area contributed by atoms with E-state index in [-0.39, 0.29) is 35.0 Å². The van der Waals surface area contributed by atoms with E-state index < -0.39 is 5.41 Å². The van der Waals surface area contributed by atoms with E-state index in [2.05, 4.69) is 20.4 Å². The van der Waals surface area contributed by atoms with Crippen LogP contribution in [0.5, 0.6) is 0 Å². The Balaban J connectivity index is 1.40. The molecule has 5 heteroatoms. The maximum atomic E-state index is 13.3. The molecule has 4 aliphatic rings. The molecule has 0 aromatic carbocycles. The highest BCUT2D eigenvalue weighted by molar-refractivity contribution is 5.87. The molecule has 5 nitrogen and oxygen atoms in total. The van der Waals surface area contributed by atoms with Crippen molar-refractivity contribution < 1.29 is 23.8 Å². The van der Waals surface area contributed by atoms with Crippen molar-refractivity contribution in [3.8, 4) is 0 Å². The molecule has 0 aromatic rings. The molecule has 4 bridgehead atoms. The second-order valence-electron chi connectivity index (χ2n) is 12.9. The summed E-state index contributed by atoms with van der Waals surface area (Å²) in [5.74, 6) is 1.81. The molecular formula is C28H44O5. The number of esters is 2. The fraction of sp³-hybridized carbons (Fsp3) is 0.857. The quantitative estimate of drug-likeness (QED) is 0.326. The molecule has 0 amide bonds. The van der Waals surface area contributed by atoms with Crippen molar-refractivity contribution in [3.63, 3.8) is 0 Å². The predicted molar refractivity (Wildman–Crippen MR) is 127 cm³/mol. The van der Waals surface area contributed by atoms with E-state index in [1.54, 1.807) is 14.0 Å². The molecule has 4 fully saturated rings. The Hall–Kier alpha value is -1.36. The van der Waals surface area contributed by atoms with Gasteiger partial charge in [0.25, 0.3) is 0 Å². The monoisotopic (exact) mass is 460 g/mol. The minimum atomic E-state index is -0.554. The van der Waals surface area contributed by atoms with Crippen LogP contribution in [0, 0.1) is 39.9 Å². The lowest BCUT2D eigenvalue weighted by atomic mass is 9.66. The third-order valence-electron chi connectivity index (χ3n) is 9.96. The van der Waals surface area contributed by atoms with Crippen LogP contribution in [-0.2, 0) is 23.8 Å². The first-order valence-electron chi connectivity index (χ1n) is 13.0. The molecule has 0 N–H and O–H groups in total. The van der Waals surface area contributed by atoms with Crippen LogP contribution < -0.4 is 0 Å². The van der Waals surface area contributed by atoms with Crippen LogP contribution in [0.25, 0.3) is 0 Å². The third-order valence-corrected chi connectivity index (χ3v) is 9.96. The Morgan fingerprint density at radius 2 is 1.85 bits per heavy atom. The van der Waals surface area contributed by atoms with Gasteiger partial charge in [-0.05, 0) is 89.9 Å². The Bertz CT molecular complexity index is 798. The maximum Gasteiger partial charge on any atom is 0.333 e. The van der Waals surface area contributed by atoms with Gasteiger partial charge in [0.05, 0.1) is 5.41 Å². The Morgan fingerprint density at radius 1 is 1.12 bits per heavy atom. The van der Waals surface area contributed by atoms with Gasteiger partial charge in [0.2, 0.25) is 0 Å². The number of hydrogen-bond acceptors (Lipinski definition) is 5. The first kappa shape index (κ1) is 24.8. The summed E-state index contributed by atoms with van der Waals surface area (Å²) >= 11 is 0. The highest BCUT2D eigenvalue weighted by Crippen LogP contribution is 2.66. The van der Waals surface area contributed by atoms with Crippen molar-refractivity contribution >= 4 is 11.9 Å². The fourth-order valence-corrected chi connectivity index (χ4v) is 7.84. The topological polar surface area (TPSA) is 61.8 Å². The molecule has 186 valence electrons. The van der Waals surface area contributed by atoms with Crippen LogP contribution >= 0.6 is 0 Å². The summed E-state index contributed by atoms with van der Waals surface area (Å²) in [6.07, 6.45) is 8.22. The SMILES string of the molecule is C=C(C)C(=O)OC1C2(CCC(C)(C)C(=O)OC3CC4CCC3C4COC)CCC(C2)C1(C)C. The minimum Gasteiger partial charge on any atom is -0.462 e. The van der Waals surface area contributed by atoms with Crippen LogP contribution in [-0.4, -0.2) is 37.9 Å². The highest BCUT2D eigenvalue weighted by Gasteiger charge is 2.63. The zero-order valence-electron chi connectivity index (χ0n) is 21.6. The number of hydrogen-bond donors (Lipinski definition) is 0. The average molecular weight is 461 g/mol. The Kier molecular flexibility index (Phi) is 6.52. The third kappa shape index (κ3) is 4.28. The predicted octanol–water partition coefficient (Wildman–Crippen LogP) is 5.71. The first-order chi connectivity index (χ1) is 15.4. The van der Waals surface area contributed by atoms with Crippen molar-refractivity contribution in [2.75, 3.05) is 13.7 Å². The van der Waals surface area contributed by atoms with Crippen molar-refractivity contribution in [3.05, 3.63) is 12.2 Å². The molecule has 0 aromatic heterocycles. The molecule has 4 rings (SSSR count). The fourth-order valence-electron chi connectivity index (χ4n) is 7.84. The molecule has 0 heterocycles. The van der Waals surface area contributed by atoms with Gasteiger partial charge >= 0.3 is 11.9 Å². The number of methoxy groups -OCH3 is 1. The minimum absolute atomic E-state index is 0.0411. The zero-order valence-corrected chi connectivity index (χ0v) is 21.6. The molecule has 0 radical (unpaired) electrons. The molecule has 7 atom stereocenters. The molecule has 0 aliphatic heterocycles. The number of ether oxygens (including phenoxy) is 3. The molecular weight excluding hydrogens is 416 g/mol. The van der Waals surface area contributed by atoms with Gasteiger partial charge in [-0.2, -0.15) is 0 Å². The van der Waals surface area contributed by atoms with Gasteiger partial charge in [-0.15, -0.1) is 0 Å². The summed E-state index contributed by atoms with van der Waals surface area (Å²) in [6.45, 7) is 14.8. The number of fused-ring (bicyclic) bond motifs is 4. The van der Waals surface area contributed by atoms with Crippen LogP contribution in [0.4, 0.5) is 0 Å². The van der Waals surface area contributed by atoms with Gasteiger partial charge in [-0.1, -0.05) is 20.4 Å². The van der Waals surface area contributed by atoms with Crippen molar-refractivity contribution in [2.24, 2.45) is 39.9 Å². The largest absolute Gasteiger partial charge is 0.462 e. The average Bonchev–Trinajstić information content (AvgIpc) is 3.47. The summed E-state index contributed by atoms with van der Waals surface area (Å²) in [7, 11) is 1.76. The Morgan fingerprint density at radius 3 is 2.52 bits per heavy atom. The van der Waals surface area contributed by atoms with E-state index in [4.69, 9.17) is 14.2 Å². The lowest BCUT2D eigenvalue weighted by Crippen LogP contribution is -2.45. The lowest BCUT2D eigenvalue weighted by molar-refractivity contribution is -0.167. The molecule has 0 saturated heterocycles. The van der Waals surface area contributed by atoms with E-state index >= 15 is 0 Å². The molecule has 7 unspecified atom stereocenters. The van der Waals surface area contributed by atoms with Crippen molar-refractivity contribution in [1.82, 2.24) is 0 Å². The van der Waals surface area contributed by atoms with Gasteiger partial charge in [-0.25, -0.2) is 4.79 Å². The molecule has 33 heavy (non-hydrogen) atoms. The summed E-state index contributed by atoms with van der Waals surface area (Å²) < 4.78 is 17.6. The van der Waals surface area contributed by atoms with E-state index in [9.17, 15) is 9.59 Å². The van der Waals surface area contributed by atoms with Gasteiger partial charge in [0.1, 0.15) is 12.2 Å². The molecule has 4 aliphatic carbocycles. The van der Waals surface area contributed by atoms with Crippen molar-refractivity contribution in [2.45, 2.75) is 98.2 Å². The highest BCUT2D eigenvalue weighted by atomic mass is 16.6. The normalized spacial score (nSPS) is 38.5. The maximum absolute atomic E-state index is 13.3. The zero-order chi connectivity index (χ0) is 24.2. The van der Waals surface area contributed by atoms with Gasteiger partial charge < -0.3 is 14.2 Å². The summed E-state index contributed by atoms with van der Waals surface area (Å²) in [4.78, 5) is 25.7. The summed E-state index contributed by atoms with van der Waals surface area (Å²) in [5.41, 5.74) is -0.202. The standard InChI is InChI=1S/C28H44O5/c1-17(2)23(29)33-24-27(5,6)19-10-11-28(24,15-19)13-12-26(3,4)25(30)32-22-14-18-8-9-20(22)21(18)16-31-7/h18-22,24H,1,8-16H2,2-7H3. The van der Waals surface area contributed by atoms with Crippen LogP contribution in [0.1, 0.15) is 86.0 Å². The van der Waals surface area contributed by atoms with Crippen LogP contribution in [0.2, 0.25) is 0 Å². The number of carbonyl (C=O) groups is 2. The Labute approximate surface area is 200 Å². The first-order valence-corrected chi connectivity index (χ1v) is 13.0.